The largest absolute Gasteiger partial charge is 0.370 e. The fourth-order valence-corrected chi connectivity index (χ4v) is 10.4. The lowest BCUT2D eigenvalue weighted by molar-refractivity contribution is -0.135. The second-order valence-electron chi connectivity index (χ2n) is 18.8. The van der Waals surface area contributed by atoms with Crippen molar-refractivity contribution in [2.75, 3.05) is 49.6 Å². The number of alkyl halides is 2. The van der Waals surface area contributed by atoms with Crippen LogP contribution in [-0.4, -0.2) is 102 Å². The van der Waals surface area contributed by atoms with E-state index in [1.54, 1.807) is 33.2 Å². The van der Waals surface area contributed by atoms with E-state index >= 15 is 0 Å². The molecule has 0 spiro atoms. The summed E-state index contributed by atoms with van der Waals surface area (Å²) < 4.78 is 35.2. The Balaban J connectivity index is 0.798. The summed E-state index contributed by atoms with van der Waals surface area (Å²) in [5.41, 5.74) is 3.12. The molecule has 9 rings (SSSR count). The summed E-state index contributed by atoms with van der Waals surface area (Å²) in [6.07, 6.45) is 10.00. The second kappa shape index (κ2) is 16.7. The Hall–Kier alpha value is -5.45. The molecule has 1 unspecified atom stereocenters. The molecule has 3 aliphatic heterocycles. The maximum absolute atomic E-state index is 14.4. The lowest BCUT2D eigenvalue weighted by Gasteiger charge is -2.40. The number of para-hydroxylation sites is 1. The van der Waals surface area contributed by atoms with Crippen molar-refractivity contribution in [2.24, 2.45) is 18.4 Å². The van der Waals surface area contributed by atoms with Gasteiger partial charge >= 0.3 is 5.69 Å². The van der Waals surface area contributed by atoms with Gasteiger partial charge in [0.15, 0.2) is 11.4 Å². The molecule has 1 aliphatic carbocycles. The zero-order valence-corrected chi connectivity index (χ0v) is 36.1. The molecule has 4 fully saturated rings. The molecule has 1 saturated carbocycles. The Morgan fingerprint density at radius 2 is 1.71 bits per heavy atom. The average Bonchev–Trinajstić information content (AvgIpc) is 3.95. The fraction of sp³-hybridized carbons (Fsp3) is 0.578. The normalized spacial score (nSPS) is 22.7. The summed E-state index contributed by atoms with van der Waals surface area (Å²) in [5, 5.41) is 11.1. The number of anilines is 2. The molecule has 4 aliphatic rings. The highest BCUT2D eigenvalue weighted by molar-refractivity contribution is 6.03. The predicted molar refractivity (Wildman–Crippen MR) is 231 cm³/mol. The Labute approximate surface area is 359 Å². The van der Waals surface area contributed by atoms with Crippen LogP contribution in [0.2, 0.25) is 0 Å². The Morgan fingerprint density at radius 3 is 2.42 bits per heavy atom. The minimum Gasteiger partial charge on any atom is -0.370 e. The van der Waals surface area contributed by atoms with E-state index < -0.39 is 18.4 Å². The van der Waals surface area contributed by atoms with Crippen LogP contribution in [-0.2, 0) is 23.1 Å². The maximum Gasteiger partial charge on any atom is 0.329 e. The number of halogens is 2. The molecule has 2 amide bonds. The Morgan fingerprint density at radius 1 is 0.968 bits per heavy atom. The number of aryl methyl sites for hydroxylation is 1. The van der Waals surface area contributed by atoms with E-state index in [4.69, 9.17) is 4.98 Å². The molecule has 15 nitrogen and oxygen atoms in total. The lowest BCUT2D eigenvalue weighted by atomic mass is 9.83. The van der Waals surface area contributed by atoms with E-state index in [2.05, 4.69) is 51.1 Å². The molecular formula is C45H57F2N11O4. The zero-order chi connectivity index (χ0) is 43.4. The first-order valence-corrected chi connectivity index (χ1v) is 22.2. The van der Waals surface area contributed by atoms with Gasteiger partial charge in [-0.3, -0.25) is 33.5 Å². The molecule has 5 aromatic rings. The van der Waals surface area contributed by atoms with Crippen molar-refractivity contribution in [3.05, 3.63) is 70.2 Å². The van der Waals surface area contributed by atoms with Crippen molar-refractivity contribution >= 4 is 45.8 Å². The van der Waals surface area contributed by atoms with Crippen LogP contribution in [0.5, 0.6) is 0 Å². The van der Waals surface area contributed by atoms with E-state index in [0.717, 1.165) is 101 Å². The van der Waals surface area contributed by atoms with E-state index in [0.29, 0.717) is 35.1 Å². The quantitative estimate of drug-likeness (QED) is 0.126. The number of Topliss-reactive ketones (excluding diaryl/α,β-unsaturated/α-hetero) is 1. The van der Waals surface area contributed by atoms with Crippen LogP contribution in [0, 0.1) is 11.3 Å². The molecule has 1 atom stereocenters. The van der Waals surface area contributed by atoms with Gasteiger partial charge in [0.1, 0.15) is 17.6 Å². The highest BCUT2D eigenvalue weighted by Gasteiger charge is 2.34. The smallest absolute Gasteiger partial charge is 0.329 e. The predicted octanol–water partition coefficient (Wildman–Crippen LogP) is 5.88. The summed E-state index contributed by atoms with van der Waals surface area (Å²) in [5.74, 6) is 0.196. The highest BCUT2D eigenvalue weighted by atomic mass is 19.3. The highest BCUT2D eigenvalue weighted by Crippen LogP contribution is 2.37. The first kappa shape index (κ1) is 41.9. The second-order valence-corrected chi connectivity index (χ2v) is 18.8. The number of amides is 2. The number of aromatic nitrogens is 7. The van der Waals surface area contributed by atoms with E-state index in [1.807, 2.05) is 24.3 Å². The maximum atomic E-state index is 14.4. The van der Waals surface area contributed by atoms with Gasteiger partial charge in [0.2, 0.25) is 11.8 Å². The number of imide groups is 1. The molecule has 0 bridgehead atoms. The van der Waals surface area contributed by atoms with Gasteiger partial charge in [0.25, 0.3) is 6.43 Å². The topological polar surface area (TPSA) is 148 Å². The third-order valence-corrected chi connectivity index (χ3v) is 14.3. The third kappa shape index (κ3) is 8.03. The number of fused-ring (bicyclic) bond motifs is 2. The van der Waals surface area contributed by atoms with Crippen LogP contribution in [0.15, 0.2) is 47.7 Å². The van der Waals surface area contributed by atoms with Crippen molar-refractivity contribution in [1.29, 1.82) is 0 Å². The van der Waals surface area contributed by atoms with Crippen LogP contribution < -0.4 is 20.8 Å². The average molecular weight is 854 g/mol. The number of rotatable bonds is 11. The summed E-state index contributed by atoms with van der Waals surface area (Å²) in [7, 11) is 3.93. The van der Waals surface area contributed by atoms with Crippen molar-refractivity contribution in [2.45, 2.75) is 109 Å². The number of carbonyl (C=O) groups excluding carboxylic acids is 3. The monoisotopic (exact) mass is 853 g/mol. The molecule has 3 saturated heterocycles. The number of hydrogen-bond acceptors (Lipinski definition) is 10. The zero-order valence-electron chi connectivity index (χ0n) is 36.1. The van der Waals surface area contributed by atoms with Crippen molar-refractivity contribution in [1.82, 2.24) is 43.7 Å². The van der Waals surface area contributed by atoms with Gasteiger partial charge in [-0.2, -0.15) is 10.2 Å². The minimum atomic E-state index is -2.80. The molecule has 7 heterocycles. The third-order valence-electron chi connectivity index (χ3n) is 14.3. The summed E-state index contributed by atoms with van der Waals surface area (Å²) >= 11 is 0. The Bertz CT molecular complexity index is 2550. The Kier molecular flexibility index (Phi) is 11.3. The van der Waals surface area contributed by atoms with E-state index in [9.17, 15) is 28.0 Å². The minimum absolute atomic E-state index is 0.0135. The molecule has 4 aromatic heterocycles. The molecular weight excluding hydrogens is 797 g/mol. The number of piperidine rings is 3. The van der Waals surface area contributed by atoms with Crippen LogP contribution >= 0.6 is 0 Å². The number of hydrogen-bond donors (Lipinski definition) is 1. The first-order valence-electron chi connectivity index (χ1n) is 22.2. The molecule has 1 N–H and O–H groups in total. The van der Waals surface area contributed by atoms with Crippen molar-refractivity contribution in [3.63, 3.8) is 0 Å². The standard InChI is InChI=1S/C45H57F2N11O4/c1-45(2)17-22-55(23-18-45)37-16-21-56-42(49-37)32(25-48-56)36(59)24-29-27-57(51-39(29)41(46)47)31-10-8-28(9-11-31)26-52(3)30-14-19-54(20-15-30)33-6-5-7-34-40(33)53(4)44(62)58(34)35-12-13-38(60)50-43(35)61/h5-7,16,21,25,27-28,30-31,35,41H,8-15,17-20,22-24,26H2,1-4H3,(H,50,60,61). The number of carbonyl (C=O) groups is 3. The fourth-order valence-electron chi connectivity index (χ4n) is 10.4. The molecule has 62 heavy (non-hydrogen) atoms. The van der Waals surface area contributed by atoms with Crippen LogP contribution in [0.3, 0.4) is 0 Å². The van der Waals surface area contributed by atoms with Crippen LogP contribution in [0.1, 0.15) is 118 Å². The van der Waals surface area contributed by atoms with E-state index in [-0.39, 0.29) is 52.9 Å². The summed E-state index contributed by atoms with van der Waals surface area (Å²) in [6, 6.07) is 7.40. The summed E-state index contributed by atoms with van der Waals surface area (Å²) in [6.45, 7) is 8.89. The first-order chi connectivity index (χ1) is 29.7. The number of ketones is 1. The molecule has 17 heteroatoms. The van der Waals surface area contributed by atoms with Gasteiger partial charge in [0.05, 0.1) is 34.5 Å². The SMILES string of the molecule is CN(CC1CCC(n2cc(CC(=O)c3cnn4ccc(N5CCC(C)(C)CC5)nc34)c(C(F)F)n2)CC1)C1CCN(c2cccc3c2n(C)c(=O)n3C2CCC(=O)NC2=O)CC1. The van der Waals surface area contributed by atoms with Gasteiger partial charge in [-0.25, -0.2) is 23.1 Å². The van der Waals surface area contributed by atoms with E-state index in [1.165, 1.54) is 10.8 Å². The molecule has 0 radical (unpaired) electrons. The summed E-state index contributed by atoms with van der Waals surface area (Å²) in [4.78, 5) is 63.6. The lowest BCUT2D eigenvalue weighted by Crippen LogP contribution is -2.45. The van der Waals surface area contributed by atoms with Gasteiger partial charge in [-0.1, -0.05) is 19.9 Å². The van der Waals surface area contributed by atoms with Crippen molar-refractivity contribution < 1.29 is 23.2 Å². The molecule has 1 aromatic carbocycles. The number of nitrogens with zero attached hydrogens (tertiary/aromatic N) is 10. The van der Waals surface area contributed by atoms with Crippen molar-refractivity contribution in [3.8, 4) is 0 Å². The molecule has 330 valence electrons. The van der Waals surface area contributed by atoms with Gasteiger partial charge in [-0.15, -0.1) is 0 Å². The van der Waals surface area contributed by atoms with Gasteiger partial charge in [-0.05, 0) is 94.4 Å². The number of imidazole rings is 1. The van der Waals surface area contributed by atoms with Gasteiger partial charge < -0.3 is 14.7 Å². The van der Waals surface area contributed by atoms with Gasteiger partial charge in [0, 0.05) is 76.6 Å². The number of benzene rings is 1. The van der Waals surface area contributed by atoms with Crippen LogP contribution in [0.4, 0.5) is 20.3 Å². The van der Waals surface area contributed by atoms with Crippen LogP contribution in [0.25, 0.3) is 16.7 Å². The number of nitrogens with one attached hydrogen (secondary N) is 1.